The summed E-state index contributed by atoms with van der Waals surface area (Å²) in [6, 6.07) is 11.9. The number of ether oxygens (including phenoxy) is 1. The van der Waals surface area contributed by atoms with Crippen LogP contribution in [0.25, 0.3) is 16.6 Å². The number of nitriles is 1. The fourth-order valence-corrected chi connectivity index (χ4v) is 7.13. The van der Waals surface area contributed by atoms with Crippen molar-refractivity contribution in [3.63, 3.8) is 0 Å². The fraction of sp³-hybridized carbons (Fsp3) is 0.433. The first-order valence-electron chi connectivity index (χ1n) is 13.4. The summed E-state index contributed by atoms with van der Waals surface area (Å²) in [6.45, 7) is 1.24. The number of hydrogen-bond donors (Lipinski definition) is 2. The van der Waals surface area contributed by atoms with E-state index in [-0.39, 0.29) is 28.9 Å². The van der Waals surface area contributed by atoms with Gasteiger partial charge < -0.3 is 19.8 Å². The zero-order valence-corrected chi connectivity index (χ0v) is 21.7. The van der Waals surface area contributed by atoms with E-state index in [1.807, 2.05) is 22.8 Å². The molecule has 1 spiro atoms. The van der Waals surface area contributed by atoms with Crippen molar-refractivity contribution in [2.24, 2.45) is 16.4 Å². The highest BCUT2D eigenvalue weighted by atomic mass is 19.2. The number of carbonyl (C=O) groups is 1. The van der Waals surface area contributed by atoms with Gasteiger partial charge in [-0.25, -0.2) is 8.78 Å². The second kappa shape index (κ2) is 9.76. The zero-order valence-electron chi connectivity index (χ0n) is 21.7. The van der Waals surface area contributed by atoms with Crippen LogP contribution >= 0.6 is 0 Å². The number of halogens is 2. The summed E-state index contributed by atoms with van der Waals surface area (Å²) in [5.74, 6) is -2.41. The molecule has 2 N–H and O–H groups in total. The number of rotatable bonds is 6. The lowest BCUT2D eigenvalue weighted by molar-refractivity contribution is -0.155. The van der Waals surface area contributed by atoms with Crippen LogP contribution in [0.4, 0.5) is 8.78 Å². The molecule has 9 heteroatoms. The monoisotopic (exact) mass is 532 g/mol. The highest BCUT2D eigenvalue weighted by Gasteiger charge is 2.56. The maximum absolute atomic E-state index is 14.6. The summed E-state index contributed by atoms with van der Waals surface area (Å²) in [6.07, 6.45) is 4.87. The van der Waals surface area contributed by atoms with Gasteiger partial charge in [-0.05, 0) is 73.6 Å². The van der Waals surface area contributed by atoms with Crippen LogP contribution in [0, 0.1) is 34.3 Å². The molecule has 1 aromatic heterocycles. The van der Waals surface area contributed by atoms with Crippen LogP contribution in [0.5, 0.6) is 0 Å². The second-order valence-electron chi connectivity index (χ2n) is 11.2. The third-order valence-corrected chi connectivity index (χ3v) is 8.89. The smallest absolute Gasteiger partial charge is 0.306 e. The van der Waals surface area contributed by atoms with Crippen LogP contribution in [0.2, 0.25) is 0 Å². The Kier molecular flexibility index (Phi) is 6.38. The van der Waals surface area contributed by atoms with Gasteiger partial charge in [0.25, 0.3) is 0 Å². The van der Waals surface area contributed by atoms with Crippen molar-refractivity contribution in [3.05, 3.63) is 64.9 Å². The number of nitrogens with one attached hydrogen (secondary N) is 1. The van der Waals surface area contributed by atoms with Gasteiger partial charge >= 0.3 is 5.97 Å². The fourth-order valence-electron chi connectivity index (χ4n) is 7.13. The quantitative estimate of drug-likeness (QED) is 0.318. The summed E-state index contributed by atoms with van der Waals surface area (Å²) >= 11 is 0. The molecule has 39 heavy (non-hydrogen) atoms. The molecular formula is C30H30F2N4O3. The van der Waals surface area contributed by atoms with Crippen LogP contribution in [-0.2, 0) is 9.53 Å². The molecule has 0 atom stereocenters. The van der Waals surface area contributed by atoms with E-state index in [2.05, 4.69) is 16.6 Å². The number of aliphatic carboxylic acids is 1. The van der Waals surface area contributed by atoms with Crippen molar-refractivity contribution in [1.29, 1.82) is 5.26 Å². The molecule has 6 rings (SSSR count). The van der Waals surface area contributed by atoms with E-state index in [9.17, 15) is 23.9 Å². The first-order valence-corrected chi connectivity index (χ1v) is 13.4. The molecule has 0 unspecified atom stereocenters. The highest BCUT2D eigenvalue weighted by molar-refractivity contribution is 6.13. The Morgan fingerprint density at radius 2 is 1.85 bits per heavy atom. The molecule has 3 fully saturated rings. The Morgan fingerprint density at radius 3 is 2.49 bits per heavy atom. The number of carboxylic acids is 1. The number of fused-ring (bicyclic) bond motifs is 1. The summed E-state index contributed by atoms with van der Waals surface area (Å²) in [4.78, 5) is 11.5. The Balaban J connectivity index is 1.54. The third kappa shape index (κ3) is 4.27. The van der Waals surface area contributed by atoms with Gasteiger partial charge in [0.15, 0.2) is 17.3 Å². The molecule has 2 aromatic carbocycles. The molecule has 2 saturated carbocycles. The number of benzene rings is 2. The van der Waals surface area contributed by atoms with Gasteiger partial charge in [0, 0.05) is 54.6 Å². The van der Waals surface area contributed by atoms with Gasteiger partial charge in [0.1, 0.15) is 6.07 Å². The third-order valence-electron chi connectivity index (χ3n) is 8.89. The molecule has 0 amide bonds. The molecule has 2 aliphatic carbocycles. The minimum absolute atomic E-state index is 0.0739. The minimum Gasteiger partial charge on any atom is -0.481 e. The Hall–Kier alpha value is -3.77. The standard InChI is InChI=1S/C30H30F2N4O3/c1-34-35-25(16-33)18-2-4-22-26(10-18)36(21-3-5-23(31)24(32)11-21)28(17-6-8-39-9-7-17)27(22)19-12-30(13-19)14-20(15-30)29(37)38/h2-5,10-11,17,19-20,34H,6-9,12-15H2,1H3,(H,37,38)/b35-25-. The Bertz CT molecular complexity index is 1520. The van der Waals surface area contributed by atoms with Gasteiger partial charge in [-0.15, -0.1) is 0 Å². The molecule has 1 aliphatic heterocycles. The molecule has 3 aliphatic rings. The summed E-state index contributed by atoms with van der Waals surface area (Å²) in [5.41, 5.74) is 7.21. The van der Waals surface area contributed by atoms with Crippen molar-refractivity contribution < 1.29 is 23.4 Å². The van der Waals surface area contributed by atoms with Crippen LogP contribution in [0.1, 0.15) is 67.2 Å². The summed E-state index contributed by atoms with van der Waals surface area (Å²) in [5, 5.41) is 24.3. The average Bonchev–Trinajstić information content (AvgIpc) is 3.22. The number of hydrazone groups is 1. The Labute approximate surface area is 225 Å². The van der Waals surface area contributed by atoms with E-state index in [1.54, 1.807) is 13.1 Å². The van der Waals surface area contributed by atoms with Crippen molar-refractivity contribution in [2.75, 3.05) is 20.3 Å². The SMILES string of the molecule is CN/N=C(/C#N)c1ccc2c(C3CC4(CC(C(=O)O)C4)C3)c(C3CCOCC3)n(-c3ccc(F)c(F)c3)c2c1. The average molecular weight is 533 g/mol. The van der Waals surface area contributed by atoms with Gasteiger partial charge in [-0.2, -0.15) is 10.4 Å². The van der Waals surface area contributed by atoms with Crippen molar-refractivity contribution in [2.45, 2.75) is 50.4 Å². The van der Waals surface area contributed by atoms with Crippen LogP contribution < -0.4 is 5.43 Å². The van der Waals surface area contributed by atoms with Crippen LogP contribution in [0.3, 0.4) is 0 Å². The summed E-state index contributed by atoms with van der Waals surface area (Å²) < 4.78 is 36.3. The van der Waals surface area contributed by atoms with Crippen molar-refractivity contribution in [3.8, 4) is 11.8 Å². The first kappa shape index (κ1) is 25.5. The normalized spacial score (nSPS) is 25.2. The van der Waals surface area contributed by atoms with E-state index in [0.717, 1.165) is 48.3 Å². The molecule has 0 radical (unpaired) electrons. The lowest BCUT2D eigenvalue weighted by Gasteiger charge is -2.57. The van der Waals surface area contributed by atoms with E-state index in [4.69, 9.17) is 4.74 Å². The van der Waals surface area contributed by atoms with Gasteiger partial charge in [-0.1, -0.05) is 12.1 Å². The maximum atomic E-state index is 14.6. The molecule has 0 bridgehead atoms. The van der Waals surface area contributed by atoms with E-state index in [1.165, 1.54) is 11.6 Å². The number of carboxylic acid groups (broad SMARTS) is 1. The van der Waals surface area contributed by atoms with E-state index in [0.29, 0.717) is 37.3 Å². The molecular weight excluding hydrogens is 502 g/mol. The molecule has 7 nitrogen and oxygen atoms in total. The summed E-state index contributed by atoms with van der Waals surface area (Å²) in [7, 11) is 1.63. The minimum atomic E-state index is -0.920. The molecule has 202 valence electrons. The second-order valence-corrected chi connectivity index (χ2v) is 11.2. The van der Waals surface area contributed by atoms with Gasteiger partial charge in [0.05, 0.1) is 11.4 Å². The number of aromatic nitrogens is 1. The first-order chi connectivity index (χ1) is 18.8. The van der Waals surface area contributed by atoms with Crippen LogP contribution in [-0.4, -0.2) is 41.6 Å². The Morgan fingerprint density at radius 1 is 1.10 bits per heavy atom. The van der Waals surface area contributed by atoms with E-state index < -0.39 is 17.6 Å². The zero-order chi connectivity index (χ0) is 27.3. The molecule has 3 aromatic rings. The van der Waals surface area contributed by atoms with Crippen LogP contribution in [0.15, 0.2) is 41.5 Å². The lowest BCUT2D eigenvalue weighted by atomic mass is 9.47. The number of nitrogens with zero attached hydrogens (tertiary/aromatic N) is 3. The molecule has 1 saturated heterocycles. The van der Waals surface area contributed by atoms with E-state index >= 15 is 0 Å². The predicted octanol–water partition coefficient (Wildman–Crippen LogP) is 5.61. The molecule has 2 heterocycles. The lowest BCUT2D eigenvalue weighted by Crippen LogP contribution is -2.49. The van der Waals surface area contributed by atoms with Crippen molar-refractivity contribution >= 4 is 22.6 Å². The van der Waals surface area contributed by atoms with Crippen molar-refractivity contribution in [1.82, 2.24) is 9.99 Å². The maximum Gasteiger partial charge on any atom is 0.306 e. The highest BCUT2D eigenvalue weighted by Crippen LogP contribution is 2.65. The topological polar surface area (TPSA) is 99.6 Å². The number of hydrogen-bond acceptors (Lipinski definition) is 5. The predicted molar refractivity (Wildman–Crippen MR) is 142 cm³/mol. The van der Waals surface area contributed by atoms with Gasteiger partial charge in [-0.3, -0.25) is 4.79 Å². The van der Waals surface area contributed by atoms with Gasteiger partial charge in [0.2, 0.25) is 0 Å². The largest absolute Gasteiger partial charge is 0.481 e.